The summed E-state index contributed by atoms with van der Waals surface area (Å²) in [5.74, 6) is 0.956. The van der Waals surface area contributed by atoms with E-state index in [9.17, 15) is 9.59 Å². The molecule has 0 saturated heterocycles. The van der Waals surface area contributed by atoms with Crippen molar-refractivity contribution in [3.63, 3.8) is 0 Å². The largest absolute Gasteiger partial charge is 0.488 e. The number of ketones is 2. The Morgan fingerprint density at radius 3 is 1.03 bits per heavy atom. The fraction of sp³-hybridized carbons (Fsp3) is 0.500. The van der Waals surface area contributed by atoms with Crippen molar-refractivity contribution in [1.29, 1.82) is 0 Å². The molecular formula is C48H66O14. The molecule has 0 N–H and O–H groups in total. The standard InChI is InChI=1S/C48H66O14/c1-9-51-45(52-10-2)31-59-37-22-24-39(43(29-37)61-33-47(55-13-5)56-14-6)41(49)26-20-35-18-17-19-36(28-35)21-27-42(50)40-25-23-38(60-32-46(53-11-3)54-12-4)30-44(40)62-34-48(57-15-7)58-16-8/h17-30,45-48H,9-16,31-34H2,1-8H3/b26-20+,27-21+. The predicted octanol–water partition coefficient (Wildman–Crippen LogP) is 8.59. The monoisotopic (exact) mass is 866 g/mol. The average Bonchev–Trinajstić information content (AvgIpc) is 3.27. The van der Waals surface area contributed by atoms with E-state index in [0.717, 1.165) is 11.1 Å². The number of carbonyl (C=O) groups excluding carboxylic acids is 2. The molecule has 0 unspecified atom stereocenters. The Labute approximate surface area is 367 Å². The van der Waals surface area contributed by atoms with Gasteiger partial charge in [-0.2, -0.15) is 0 Å². The molecule has 3 aromatic rings. The number of rotatable bonds is 34. The molecule has 0 saturated carbocycles. The highest BCUT2D eigenvalue weighted by Gasteiger charge is 2.19. The van der Waals surface area contributed by atoms with Gasteiger partial charge in [-0.3, -0.25) is 9.59 Å². The lowest BCUT2D eigenvalue weighted by Gasteiger charge is -2.20. The van der Waals surface area contributed by atoms with E-state index in [1.54, 1.807) is 48.6 Å². The summed E-state index contributed by atoms with van der Waals surface area (Å²) in [4.78, 5) is 27.4. The van der Waals surface area contributed by atoms with Gasteiger partial charge in [-0.05, 0) is 109 Å². The highest BCUT2D eigenvalue weighted by atomic mass is 16.7. The molecule has 342 valence electrons. The minimum Gasteiger partial charge on any atom is -0.488 e. The van der Waals surface area contributed by atoms with Gasteiger partial charge in [0, 0.05) is 65.0 Å². The molecule has 0 radical (unpaired) electrons. The van der Waals surface area contributed by atoms with Gasteiger partial charge < -0.3 is 56.8 Å². The molecule has 0 fully saturated rings. The van der Waals surface area contributed by atoms with Crippen molar-refractivity contribution in [3.05, 3.63) is 95.1 Å². The summed E-state index contributed by atoms with van der Waals surface area (Å²) in [6, 6.07) is 17.4. The van der Waals surface area contributed by atoms with Gasteiger partial charge in [0.15, 0.2) is 36.7 Å². The molecule has 0 spiro atoms. The summed E-state index contributed by atoms with van der Waals surface area (Å²) in [5, 5.41) is 0. The van der Waals surface area contributed by atoms with Crippen LogP contribution in [0.3, 0.4) is 0 Å². The second-order valence-electron chi connectivity index (χ2n) is 13.0. The summed E-state index contributed by atoms with van der Waals surface area (Å²) >= 11 is 0. The van der Waals surface area contributed by atoms with E-state index in [4.69, 9.17) is 56.8 Å². The van der Waals surface area contributed by atoms with Gasteiger partial charge in [0.25, 0.3) is 0 Å². The maximum Gasteiger partial charge on any atom is 0.191 e. The van der Waals surface area contributed by atoms with E-state index < -0.39 is 25.2 Å². The first-order chi connectivity index (χ1) is 30.2. The summed E-state index contributed by atoms with van der Waals surface area (Å²) in [6.45, 7) is 19.0. The molecule has 0 atom stereocenters. The smallest absolute Gasteiger partial charge is 0.191 e. The lowest BCUT2D eigenvalue weighted by molar-refractivity contribution is -0.153. The lowest BCUT2D eigenvalue weighted by Crippen LogP contribution is -2.26. The zero-order valence-electron chi connectivity index (χ0n) is 37.6. The fourth-order valence-electron chi connectivity index (χ4n) is 5.83. The van der Waals surface area contributed by atoms with E-state index in [0.29, 0.717) is 87.0 Å². The topological polar surface area (TPSA) is 145 Å². The van der Waals surface area contributed by atoms with E-state index in [-0.39, 0.29) is 38.0 Å². The molecule has 0 aromatic heterocycles. The molecule has 0 heterocycles. The van der Waals surface area contributed by atoms with E-state index in [1.165, 1.54) is 12.2 Å². The molecule has 62 heavy (non-hydrogen) atoms. The summed E-state index contributed by atoms with van der Waals surface area (Å²) in [6.07, 6.45) is 4.00. The lowest BCUT2D eigenvalue weighted by atomic mass is 10.0. The van der Waals surface area contributed by atoms with Gasteiger partial charge >= 0.3 is 0 Å². The summed E-state index contributed by atoms with van der Waals surface area (Å²) < 4.78 is 69.2. The van der Waals surface area contributed by atoms with Crippen LogP contribution in [0.25, 0.3) is 12.2 Å². The molecule has 0 bridgehead atoms. The maximum atomic E-state index is 13.7. The second kappa shape index (κ2) is 30.4. The third-order valence-electron chi connectivity index (χ3n) is 8.54. The van der Waals surface area contributed by atoms with Gasteiger partial charge in [-0.1, -0.05) is 30.4 Å². The molecule has 14 heteroatoms. The first kappa shape index (κ1) is 51.7. The van der Waals surface area contributed by atoms with Gasteiger partial charge in [0.2, 0.25) is 0 Å². The van der Waals surface area contributed by atoms with E-state index >= 15 is 0 Å². The first-order valence-electron chi connectivity index (χ1n) is 21.5. The summed E-state index contributed by atoms with van der Waals surface area (Å²) in [7, 11) is 0. The molecule has 3 aromatic carbocycles. The Morgan fingerprint density at radius 2 is 0.726 bits per heavy atom. The highest BCUT2D eigenvalue weighted by molar-refractivity contribution is 6.09. The summed E-state index contributed by atoms with van der Waals surface area (Å²) in [5.41, 5.74) is 2.11. The van der Waals surface area contributed by atoms with Crippen LogP contribution in [0.5, 0.6) is 23.0 Å². The van der Waals surface area contributed by atoms with Crippen molar-refractivity contribution < 1.29 is 66.4 Å². The highest BCUT2D eigenvalue weighted by Crippen LogP contribution is 2.29. The van der Waals surface area contributed by atoms with Crippen molar-refractivity contribution in [2.45, 2.75) is 80.6 Å². The molecule has 0 aliphatic carbocycles. The zero-order chi connectivity index (χ0) is 45.0. The Bertz CT molecular complexity index is 1640. The van der Waals surface area contributed by atoms with Crippen LogP contribution in [-0.4, -0.2) is 116 Å². The third-order valence-corrected chi connectivity index (χ3v) is 8.54. The minimum atomic E-state index is -0.624. The van der Waals surface area contributed by atoms with E-state index in [1.807, 2.05) is 79.7 Å². The molecule has 3 rings (SSSR count). The van der Waals surface area contributed by atoms with Gasteiger partial charge in [-0.25, -0.2) is 0 Å². The van der Waals surface area contributed by atoms with Crippen LogP contribution in [0.1, 0.15) is 87.2 Å². The molecule has 0 amide bonds. The van der Waals surface area contributed by atoms with Crippen LogP contribution in [-0.2, 0) is 37.9 Å². The van der Waals surface area contributed by atoms with Crippen LogP contribution in [0.2, 0.25) is 0 Å². The SMILES string of the molecule is CCOC(COc1ccc(C(=O)/C=C/c2cccc(/C=C/C(=O)c3ccc(OCC(OCC)OCC)cc3OCC(OCC)OCC)c2)c(OCC(OCC)OCC)c1)OCC. The predicted molar refractivity (Wildman–Crippen MR) is 236 cm³/mol. The van der Waals surface area contributed by atoms with Crippen molar-refractivity contribution >= 4 is 23.7 Å². The quantitative estimate of drug-likeness (QED) is 0.0321. The number of hydrogen-bond acceptors (Lipinski definition) is 14. The average molecular weight is 867 g/mol. The Kier molecular flexibility index (Phi) is 25.4. The maximum absolute atomic E-state index is 13.7. The van der Waals surface area contributed by atoms with Crippen molar-refractivity contribution in [2.75, 3.05) is 79.3 Å². The Balaban J connectivity index is 1.83. The van der Waals surface area contributed by atoms with Crippen molar-refractivity contribution in [2.24, 2.45) is 0 Å². The molecule has 0 aliphatic heterocycles. The van der Waals surface area contributed by atoms with E-state index in [2.05, 4.69) is 0 Å². The number of benzene rings is 3. The van der Waals surface area contributed by atoms with Crippen molar-refractivity contribution in [1.82, 2.24) is 0 Å². The minimum absolute atomic E-state index is 0.0543. The van der Waals surface area contributed by atoms with Crippen LogP contribution in [0.4, 0.5) is 0 Å². The molecule has 0 aliphatic rings. The van der Waals surface area contributed by atoms with Crippen LogP contribution < -0.4 is 18.9 Å². The van der Waals surface area contributed by atoms with Crippen molar-refractivity contribution in [3.8, 4) is 23.0 Å². The zero-order valence-corrected chi connectivity index (χ0v) is 37.6. The van der Waals surface area contributed by atoms with Gasteiger partial charge in [0.1, 0.15) is 49.4 Å². The normalized spacial score (nSPS) is 11.8. The Hall–Kier alpha value is -4.64. The fourth-order valence-corrected chi connectivity index (χ4v) is 5.83. The van der Waals surface area contributed by atoms with Crippen LogP contribution in [0.15, 0.2) is 72.8 Å². The number of allylic oxidation sites excluding steroid dienone is 2. The molecular weight excluding hydrogens is 801 g/mol. The Morgan fingerprint density at radius 1 is 0.419 bits per heavy atom. The second-order valence-corrected chi connectivity index (χ2v) is 13.0. The van der Waals surface area contributed by atoms with Crippen LogP contribution in [0, 0.1) is 0 Å². The number of carbonyl (C=O) groups is 2. The van der Waals surface area contributed by atoms with Gasteiger partial charge in [0.05, 0.1) is 11.1 Å². The third kappa shape index (κ3) is 18.8. The van der Waals surface area contributed by atoms with Gasteiger partial charge in [-0.15, -0.1) is 0 Å². The molecule has 14 nitrogen and oxygen atoms in total. The van der Waals surface area contributed by atoms with Crippen LogP contribution >= 0.6 is 0 Å². The first-order valence-corrected chi connectivity index (χ1v) is 21.5. The number of ether oxygens (including phenoxy) is 12. The number of hydrogen-bond donors (Lipinski definition) is 0.